The summed E-state index contributed by atoms with van der Waals surface area (Å²) < 4.78 is 0. The van der Waals surface area contributed by atoms with Gasteiger partial charge in [-0.05, 0) is 20.8 Å². The molecule has 13 heavy (non-hydrogen) atoms. The lowest BCUT2D eigenvalue weighted by Gasteiger charge is -2.41. The van der Waals surface area contributed by atoms with E-state index in [1.165, 1.54) is 0 Å². The molecule has 0 aliphatic carbocycles. The van der Waals surface area contributed by atoms with Crippen LogP contribution in [0, 0.1) is 0 Å². The van der Waals surface area contributed by atoms with Gasteiger partial charge >= 0.3 is 0 Å². The number of nitrogens with zero attached hydrogens (tertiary/aromatic N) is 2. The number of carbonyl (C=O) groups is 1. The van der Waals surface area contributed by atoms with Crippen molar-refractivity contribution in [3.05, 3.63) is 0 Å². The molecule has 1 heterocycles. The van der Waals surface area contributed by atoms with Crippen molar-refractivity contribution in [2.24, 2.45) is 0 Å². The Morgan fingerprint density at radius 1 is 1.38 bits per heavy atom. The maximum Gasteiger partial charge on any atom is 0.219 e. The highest BCUT2D eigenvalue weighted by molar-refractivity contribution is 5.73. The van der Waals surface area contributed by atoms with Crippen LogP contribution in [0.2, 0.25) is 0 Å². The van der Waals surface area contributed by atoms with Crippen LogP contribution < -0.4 is 0 Å². The molecule has 0 aromatic rings. The van der Waals surface area contributed by atoms with Gasteiger partial charge in [0.25, 0.3) is 0 Å². The van der Waals surface area contributed by atoms with Gasteiger partial charge in [-0.1, -0.05) is 0 Å². The summed E-state index contributed by atoms with van der Waals surface area (Å²) in [5, 5.41) is 0. The average molecular weight is 184 g/mol. The minimum atomic E-state index is 0.204. The summed E-state index contributed by atoms with van der Waals surface area (Å²) in [7, 11) is 0. The summed E-state index contributed by atoms with van der Waals surface area (Å²) >= 11 is 0. The molecule has 0 N–H and O–H groups in total. The third-order valence-electron chi connectivity index (χ3n) is 2.79. The van der Waals surface area contributed by atoms with Crippen molar-refractivity contribution in [2.45, 2.75) is 39.8 Å². The summed E-state index contributed by atoms with van der Waals surface area (Å²) in [6.07, 6.45) is 0. The first-order valence-corrected chi connectivity index (χ1v) is 5.03. The number of carbonyl (C=O) groups excluding carboxylic acids is 1. The lowest BCUT2D eigenvalue weighted by Crippen LogP contribution is -2.55. The first-order valence-electron chi connectivity index (χ1n) is 5.03. The molecule has 1 rings (SSSR count). The molecule has 3 nitrogen and oxygen atoms in total. The Hall–Kier alpha value is -0.570. The number of amides is 1. The summed E-state index contributed by atoms with van der Waals surface area (Å²) in [6.45, 7) is 11.0. The first-order chi connectivity index (χ1) is 6.02. The Kier molecular flexibility index (Phi) is 3.31. The zero-order valence-corrected chi connectivity index (χ0v) is 9.08. The molecule has 0 aromatic carbocycles. The molecule has 3 heteroatoms. The van der Waals surface area contributed by atoms with Crippen molar-refractivity contribution in [2.75, 3.05) is 19.6 Å². The molecule has 0 aromatic heterocycles. The highest BCUT2D eigenvalue weighted by Gasteiger charge is 2.26. The van der Waals surface area contributed by atoms with Gasteiger partial charge in [-0.25, -0.2) is 0 Å². The standard InChI is InChI=1S/C10H20N2O/c1-8(2)12-6-5-11(10(4)13)7-9(12)3/h8-9H,5-7H2,1-4H3/t9-/m1/s1. The molecule has 1 saturated heterocycles. The Labute approximate surface area is 80.7 Å². The predicted molar refractivity (Wildman–Crippen MR) is 53.6 cm³/mol. The molecular weight excluding hydrogens is 164 g/mol. The molecule has 0 bridgehead atoms. The van der Waals surface area contributed by atoms with E-state index in [1.54, 1.807) is 6.92 Å². The second-order valence-electron chi connectivity index (χ2n) is 4.15. The number of hydrogen-bond donors (Lipinski definition) is 0. The normalized spacial score (nSPS) is 25.3. The summed E-state index contributed by atoms with van der Waals surface area (Å²) in [5.41, 5.74) is 0. The third-order valence-corrected chi connectivity index (χ3v) is 2.79. The molecule has 76 valence electrons. The van der Waals surface area contributed by atoms with Crippen LogP contribution in [0.1, 0.15) is 27.7 Å². The Morgan fingerprint density at radius 2 is 2.00 bits per heavy atom. The lowest BCUT2D eigenvalue weighted by atomic mass is 10.1. The fourth-order valence-corrected chi connectivity index (χ4v) is 2.02. The second kappa shape index (κ2) is 4.09. The largest absolute Gasteiger partial charge is 0.340 e. The average Bonchev–Trinajstić information content (AvgIpc) is 2.03. The molecule has 1 atom stereocenters. The summed E-state index contributed by atoms with van der Waals surface area (Å²) in [4.78, 5) is 15.5. The van der Waals surface area contributed by atoms with Gasteiger partial charge in [0.1, 0.15) is 0 Å². The topological polar surface area (TPSA) is 23.6 Å². The van der Waals surface area contributed by atoms with Gasteiger partial charge in [0.2, 0.25) is 5.91 Å². The van der Waals surface area contributed by atoms with Crippen LogP contribution in [0.3, 0.4) is 0 Å². The van der Waals surface area contributed by atoms with Crippen molar-refractivity contribution in [1.29, 1.82) is 0 Å². The van der Waals surface area contributed by atoms with Crippen LogP contribution in [0.5, 0.6) is 0 Å². The maximum atomic E-state index is 11.1. The molecule has 0 spiro atoms. The Bertz CT molecular complexity index is 191. The molecule has 1 amide bonds. The summed E-state index contributed by atoms with van der Waals surface area (Å²) in [6, 6.07) is 1.08. The van der Waals surface area contributed by atoms with Crippen LogP contribution in [0.4, 0.5) is 0 Å². The minimum Gasteiger partial charge on any atom is -0.340 e. The zero-order valence-electron chi connectivity index (χ0n) is 9.08. The van der Waals surface area contributed by atoms with Gasteiger partial charge in [-0.15, -0.1) is 0 Å². The molecule has 0 unspecified atom stereocenters. The van der Waals surface area contributed by atoms with E-state index in [0.717, 1.165) is 19.6 Å². The van der Waals surface area contributed by atoms with E-state index >= 15 is 0 Å². The SMILES string of the molecule is CC(=O)N1CCN(C(C)C)[C@H](C)C1. The van der Waals surface area contributed by atoms with E-state index < -0.39 is 0 Å². The first kappa shape index (κ1) is 10.5. The van der Waals surface area contributed by atoms with Gasteiger partial charge < -0.3 is 4.90 Å². The van der Waals surface area contributed by atoms with E-state index in [0.29, 0.717) is 12.1 Å². The van der Waals surface area contributed by atoms with Crippen LogP contribution >= 0.6 is 0 Å². The van der Waals surface area contributed by atoms with E-state index in [9.17, 15) is 4.79 Å². The van der Waals surface area contributed by atoms with E-state index in [2.05, 4.69) is 25.7 Å². The highest BCUT2D eigenvalue weighted by atomic mass is 16.2. The monoisotopic (exact) mass is 184 g/mol. The van der Waals surface area contributed by atoms with Gasteiger partial charge in [0.05, 0.1) is 0 Å². The number of rotatable bonds is 1. The molecule has 0 radical (unpaired) electrons. The van der Waals surface area contributed by atoms with Crippen LogP contribution in [-0.2, 0) is 4.79 Å². The zero-order chi connectivity index (χ0) is 10.0. The molecule has 0 saturated carbocycles. The molecule has 1 aliphatic heterocycles. The van der Waals surface area contributed by atoms with Crippen molar-refractivity contribution in [3.8, 4) is 0 Å². The van der Waals surface area contributed by atoms with E-state index in [4.69, 9.17) is 0 Å². The summed E-state index contributed by atoms with van der Waals surface area (Å²) in [5.74, 6) is 0.204. The fourth-order valence-electron chi connectivity index (χ4n) is 2.02. The minimum absolute atomic E-state index is 0.204. The molecule has 1 fully saturated rings. The number of piperazine rings is 1. The lowest BCUT2D eigenvalue weighted by molar-refractivity contribution is -0.132. The van der Waals surface area contributed by atoms with Gasteiger partial charge in [0, 0.05) is 38.6 Å². The van der Waals surface area contributed by atoms with Gasteiger partial charge in [-0.2, -0.15) is 0 Å². The fraction of sp³-hybridized carbons (Fsp3) is 0.900. The highest BCUT2D eigenvalue weighted by Crippen LogP contribution is 2.12. The van der Waals surface area contributed by atoms with E-state index in [1.807, 2.05) is 4.90 Å². The van der Waals surface area contributed by atoms with Gasteiger partial charge in [-0.3, -0.25) is 9.69 Å². The second-order valence-corrected chi connectivity index (χ2v) is 4.15. The number of hydrogen-bond acceptors (Lipinski definition) is 2. The van der Waals surface area contributed by atoms with Gasteiger partial charge in [0.15, 0.2) is 0 Å². The molecular formula is C10H20N2O. The van der Waals surface area contributed by atoms with Crippen molar-refractivity contribution >= 4 is 5.91 Å². The van der Waals surface area contributed by atoms with Crippen molar-refractivity contribution in [1.82, 2.24) is 9.80 Å². The quantitative estimate of drug-likeness (QED) is 0.605. The predicted octanol–water partition coefficient (Wildman–Crippen LogP) is 0.947. The van der Waals surface area contributed by atoms with Crippen LogP contribution in [0.25, 0.3) is 0 Å². The van der Waals surface area contributed by atoms with Crippen LogP contribution in [0.15, 0.2) is 0 Å². The Morgan fingerprint density at radius 3 is 2.38 bits per heavy atom. The Balaban J connectivity index is 2.51. The third kappa shape index (κ3) is 2.44. The maximum absolute atomic E-state index is 11.1. The van der Waals surface area contributed by atoms with E-state index in [-0.39, 0.29) is 5.91 Å². The molecule has 1 aliphatic rings. The van der Waals surface area contributed by atoms with Crippen molar-refractivity contribution in [3.63, 3.8) is 0 Å². The van der Waals surface area contributed by atoms with Crippen LogP contribution in [-0.4, -0.2) is 47.4 Å². The van der Waals surface area contributed by atoms with Crippen molar-refractivity contribution < 1.29 is 4.79 Å². The smallest absolute Gasteiger partial charge is 0.219 e.